The highest BCUT2D eigenvalue weighted by atomic mass is 16.5. The van der Waals surface area contributed by atoms with Gasteiger partial charge in [-0.3, -0.25) is 4.79 Å². The lowest BCUT2D eigenvalue weighted by Crippen LogP contribution is -2.27. The summed E-state index contributed by atoms with van der Waals surface area (Å²) in [6, 6.07) is 0. The van der Waals surface area contributed by atoms with Gasteiger partial charge in [0.05, 0.1) is 24.4 Å². The van der Waals surface area contributed by atoms with E-state index >= 15 is 0 Å². The van der Waals surface area contributed by atoms with E-state index in [2.05, 4.69) is 22.1 Å². The van der Waals surface area contributed by atoms with Crippen molar-refractivity contribution in [1.29, 1.82) is 0 Å². The molecule has 2 aliphatic rings. The maximum Gasteiger partial charge on any atom is 0.307 e. The number of ether oxygens (including phenoxy) is 1. The third-order valence-electron chi connectivity index (χ3n) is 4.69. The highest BCUT2D eigenvalue weighted by Crippen LogP contribution is 2.60. The summed E-state index contributed by atoms with van der Waals surface area (Å²) in [6.45, 7) is 4.10. The number of aromatic nitrogens is 2. The standard InChI is InChI=1S/C17H20N2O3/c1-11-15(9-18-12(2)19-11)22-10-17(8-14(17)16(20)21)13-6-4-3-5-7-13/h3-6,9,13-14H,7-8,10H2,1-2H3,(H,20,21)/t13?,14-,17+/m0/s1. The Labute approximate surface area is 129 Å². The van der Waals surface area contributed by atoms with Crippen LogP contribution in [0.4, 0.5) is 0 Å². The Kier molecular flexibility index (Phi) is 3.72. The van der Waals surface area contributed by atoms with Gasteiger partial charge in [0.25, 0.3) is 0 Å². The molecule has 0 saturated heterocycles. The molecular formula is C17H20N2O3. The van der Waals surface area contributed by atoms with Crippen molar-refractivity contribution in [3.63, 3.8) is 0 Å². The predicted molar refractivity (Wildman–Crippen MR) is 81.6 cm³/mol. The van der Waals surface area contributed by atoms with Crippen molar-refractivity contribution < 1.29 is 14.6 Å². The highest BCUT2D eigenvalue weighted by molar-refractivity contribution is 5.75. The van der Waals surface area contributed by atoms with Crippen molar-refractivity contribution >= 4 is 5.97 Å². The Morgan fingerprint density at radius 1 is 1.45 bits per heavy atom. The minimum atomic E-state index is -0.733. The second-order valence-corrected chi connectivity index (χ2v) is 6.14. The predicted octanol–water partition coefficient (Wildman–Crippen LogP) is 2.70. The van der Waals surface area contributed by atoms with Gasteiger partial charge in [-0.15, -0.1) is 0 Å². The second kappa shape index (κ2) is 5.55. The van der Waals surface area contributed by atoms with E-state index in [1.807, 2.05) is 26.0 Å². The molecule has 1 heterocycles. The first-order valence-electron chi connectivity index (χ1n) is 7.52. The SMILES string of the molecule is Cc1ncc(OC[C@@]2(C3C=CC=CC3)C[C@H]2C(=O)O)c(C)n1. The third-order valence-corrected chi connectivity index (χ3v) is 4.69. The summed E-state index contributed by atoms with van der Waals surface area (Å²) >= 11 is 0. The largest absolute Gasteiger partial charge is 0.489 e. The van der Waals surface area contributed by atoms with Crippen molar-refractivity contribution in [3.8, 4) is 5.75 Å². The molecule has 5 nitrogen and oxygen atoms in total. The number of nitrogens with zero attached hydrogens (tertiary/aromatic N) is 2. The van der Waals surface area contributed by atoms with E-state index in [1.54, 1.807) is 6.20 Å². The first-order valence-corrected chi connectivity index (χ1v) is 7.52. The average Bonchev–Trinajstić information content (AvgIpc) is 3.24. The number of hydrogen-bond donors (Lipinski definition) is 1. The highest BCUT2D eigenvalue weighted by Gasteiger charge is 2.62. The fraction of sp³-hybridized carbons (Fsp3) is 0.471. The summed E-state index contributed by atoms with van der Waals surface area (Å²) in [4.78, 5) is 19.9. The molecule has 22 heavy (non-hydrogen) atoms. The zero-order valence-corrected chi connectivity index (χ0v) is 12.8. The number of allylic oxidation sites excluding steroid dienone is 4. The normalized spacial score (nSPS) is 29.4. The molecule has 1 aromatic heterocycles. The number of rotatable bonds is 5. The van der Waals surface area contributed by atoms with Gasteiger partial charge in [-0.05, 0) is 32.6 Å². The fourth-order valence-electron chi connectivity index (χ4n) is 3.26. The summed E-state index contributed by atoms with van der Waals surface area (Å²) in [5, 5.41) is 9.39. The van der Waals surface area contributed by atoms with Crippen LogP contribution >= 0.6 is 0 Å². The van der Waals surface area contributed by atoms with Gasteiger partial charge in [-0.1, -0.05) is 24.3 Å². The van der Waals surface area contributed by atoms with Crippen LogP contribution in [-0.2, 0) is 4.79 Å². The van der Waals surface area contributed by atoms with E-state index in [0.717, 1.165) is 12.1 Å². The van der Waals surface area contributed by atoms with Crippen LogP contribution in [0.2, 0.25) is 0 Å². The lowest BCUT2D eigenvalue weighted by molar-refractivity contribution is -0.140. The van der Waals surface area contributed by atoms with E-state index in [1.165, 1.54) is 0 Å². The van der Waals surface area contributed by atoms with Gasteiger partial charge in [-0.2, -0.15) is 0 Å². The van der Waals surface area contributed by atoms with Crippen LogP contribution in [0.3, 0.4) is 0 Å². The van der Waals surface area contributed by atoms with Gasteiger partial charge in [0.2, 0.25) is 0 Å². The van der Waals surface area contributed by atoms with Crippen LogP contribution < -0.4 is 4.74 Å². The Morgan fingerprint density at radius 3 is 2.86 bits per heavy atom. The van der Waals surface area contributed by atoms with Gasteiger partial charge in [0.1, 0.15) is 5.82 Å². The summed E-state index contributed by atoms with van der Waals surface area (Å²) in [6.07, 6.45) is 11.4. The monoisotopic (exact) mass is 300 g/mol. The Hall–Kier alpha value is -2.17. The lowest BCUT2D eigenvalue weighted by Gasteiger charge is -2.26. The quantitative estimate of drug-likeness (QED) is 0.905. The maximum absolute atomic E-state index is 11.4. The Morgan fingerprint density at radius 2 is 2.27 bits per heavy atom. The zero-order valence-electron chi connectivity index (χ0n) is 12.8. The molecule has 3 atom stereocenters. The Bertz CT molecular complexity index is 653. The van der Waals surface area contributed by atoms with E-state index in [-0.39, 0.29) is 17.3 Å². The van der Waals surface area contributed by atoms with Crippen LogP contribution in [0.25, 0.3) is 0 Å². The molecule has 1 saturated carbocycles. The molecule has 116 valence electrons. The molecule has 5 heteroatoms. The van der Waals surface area contributed by atoms with E-state index in [4.69, 9.17) is 4.74 Å². The van der Waals surface area contributed by atoms with Gasteiger partial charge >= 0.3 is 5.97 Å². The van der Waals surface area contributed by atoms with Crippen molar-refractivity contribution in [1.82, 2.24) is 9.97 Å². The summed E-state index contributed by atoms with van der Waals surface area (Å²) in [7, 11) is 0. The lowest BCUT2D eigenvalue weighted by atomic mass is 9.82. The first-order chi connectivity index (χ1) is 10.5. The Balaban J connectivity index is 1.76. The van der Waals surface area contributed by atoms with Crippen LogP contribution in [-0.4, -0.2) is 27.7 Å². The smallest absolute Gasteiger partial charge is 0.307 e. The zero-order chi connectivity index (χ0) is 15.7. The molecule has 0 amide bonds. The number of aliphatic carboxylic acids is 1. The summed E-state index contributed by atoms with van der Waals surface area (Å²) < 4.78 is 5.91. The molecular weight excluding hydrogens is 280 g/mol. The molecule has 0 aromatic carbocycles. The molecule has 1 fully saturated rings. The molecule has 3 rings (SSSR count). The number of hydrogen-bond acceptors (Lipinski definition) is 4. The topological polar surface area (TPSA) is 72.3 Å². The molecule has 0 spiro atoms. The average molecular weight is 300 g/mol. The van der Waals surface area contributed by atoms with Crippen molar-refractivity contribution in [2.45, 2.75) is 26.7 Å². The maximum atomic E-state index is 11.4. The van der Waals surface area contributed by atoms with Gasteiger partial charge < -0.3 is 9.84 Å². The second-order valence-electron chi connectivity index (χ2n) is 6.14. The van der Waals surface area contributed by atoms with Crippen molar-refractivity contribution in [3.05, 3.63) is 42.0 Å². The van der Waals surface area contributed by atoms with Gasteiger partial charge in [-0.25, -0.2) is 9.97 Å². The molecule has 0 bridgehead atoms. The van der Waals surface area contributed by atoms with E-state index in [9.17, 15) is 9.90 Å². The van der Waals surface area contributed by atoms with Crippen LogP contribution in [0.1, 0.15) is 24.4 Å². The molecule has 1 N–H and O–H groups in total. The minimum Gasteiger partial charge on any atom is -0.489 e. The van der Waals surface area contributed by atoms with Crippen LogP contribution in [0, 0.1) is 31.1 Å². The summed E-state index contributed by atoms with van der Waals surface area (Å²) in [5.41, 5.74) is 0.471. The fourth-order valence-corrected chi connectivity index (χ4v) is 3.26. The number of carboxylic acid groups (broad SMARTS) is 1. The van der Waals surface area contributed by atoms with Crippen LogP contribution in [0.15, 0.2) is 30.5 Å². The van der Waals surface area contributed by atoms with Crippen molar-refractivity contribution in [2.24, 2.45) is 17.3 Å². The molecule has 0 aliphatic heterocycles. The molecule has 1 unspecified atom stereocenters. The molecule has 0 radical (unpaired) electrons. The molecule has 2 aliphatic carbocycles. The van der Waals surface area contributed by atoms with E-state index < -0.39 is 5.97 Å². The number of carboxylic acids is 1. The van der Waals surface area contributed by atoms with Gasteiger partial charge in [0.15, 0.2) is 5.75 Å². The third kappa shape index (κ3) is 2.63. The number of aryl methyl sites for hydroxylation is 2. The summed E-state index contributed by atoms with van der Waals surface area (Å²) in [5.74, 6) is 0.486. The first kappa shape index (κ1) is 14.8. The van der Waals surface area contributed by atoms with Gasteiger partial charge in [0, 0.05) is 5.41 Å². The number of carbonyl (C=O) groups is 1. The minimum absolute atomic E-state index is 0.213. The van der Waals surface area contributed by atoms with E-state index in [0.29, 0.717) is 24.6 Å². The van der Waals surface area contributed by atoms with Crippen molar-refractivity contribution in [2.75, 3.05) is 6.61 Å². The van der Waals surface area contributed by atoms with Crippen LogP contribution in [0.5, 0.6) is 5.75 Å². The molecule has 1 aromatic rings.